The fourth-order valence-electron chi connectivity index (χ4n) is 3.81. The van der Waals surface area contributed by atoms with Gasteiger partial charge in [-0.15, -0.1) is 0 Å². The van der Waals surface area contributed by atoms with Crippen molar-refractivity contribution in [1.29, 1.82) is 0 Å². The van der Waals surface area contributed by atoms with Crippen molar-refractivity contribution in [2.75, 3.05) is 5.73 Å². The minimum Gasteiger partial charge on any atom is -0.385 e. The van der Waals surface area contributed by atoms with Crippen molar-refractivity contribution >= 4 is 27.8 Å². The fraction of sp³-hybridized carbons (Fsp3) is 0.200. The van der Waals surface area contributed by atoms with Gasteiger partial charge >= 0.3 is 0 Å². The highest BCUT2D eigenvalue weighted by molar-refractivity contribution is 6.11. The van der Waals surface area contributed by atoms with Gasteiger partial charge in [-0.1, -0.05) is 36.4 Å². The van der Waals surface area contributed by atoms with Crippen LogP contribution in [0.1, 0.15) is 16.7 Å². The molecular formula is C20H21N3. The van der Waals surface area contributed by atoms with Crippen LogP contribution in [0.25, 0.3) is 27.6 Å². The summed E-state index contributed by atoms with van der Waals surface area (Å²) in [4.78, 5) is 0. The number of fused-ring (bicyclic) bond motifs is 3. The van der Waals surface area contributed by atoms with Crippen molar-refractivity contribution in [2.24, 2.45) is 7.05 Å². The average Bonchev–Trinajstić information content (AvgIpc) is 2.96. The Hall–Kier alpha value is -2.68. The zero-order valence-electron chi connectivity index (χ0n) is 14.0. The molecule has 0 spiro atoms. The number of aromatic nitrogens is 2. The molecule has 0 saturated heterocycles. The molecule has 0 saturated carbocycles. The summed E-state index contributed by atoms with van der Waals surface area (Å²) in [6.45, 7) is 6.41. The van der Waals surface area contributed by atoms with E-state index in [-0.39, 0.29) is 0 Å². The predicted molar refractivity (Wildman–Crippen MR) is 98.4 cm³/mol. The number of para-hydroxylation sites is 2. The molecule has 2 aromatic heterocycles. The number of hydrogen-bond donors (Lipinski definition) is 1. The number of nitrogen functional groups attached to an aromatic ring is 1. The van der Waals surface area contributed by atoms with Gasteiger partial charge in [0.15, 0.2) is 0 Å². The molecule has 0 bridgehead atoms. The molecule has 0 aliphatic rings. The van der Waals surface area contributed by atoms with E-state index in [9.17, 15) is 0 Å². The van der Waals surface area contributed by atoms with Gasteiger partial charge in [0.05, 0.1) is 11.2 Å². The normalized spacial score (nSPS) is 11.7. The lowest BCUT2D eigenvalue weighted by molar-refractivity contribution is 0.946. The zero-order chi connectivity index (χ0) is 16.3. The topological polar surface area (TPSA) is 35.9 Å². The van der Waals surface area contributed by atoms with Crippen LogP contribution in [-0.2, 0) is 7.05 Å². The van der Waals surface area contributed by atoms with Crippen LogP contribution in [-0.4, -0.2) is 9.13 Å². The summed E-state index contributed by atoms with van der Waals surface area (Å²) >= 11 is 0. The zero-order valence-corrected chi connectivity index (χ0v) is 14.0. The number of hydrogen-bond acceptors (Lipinski definition) is 1. The van der Waals surface area contributed by atoms with Crippen LogP contribution in [0.4, 0.5) is 5.82 Å². The maximum Gasteiger partial charge on any atom is 0.127 e. The summed E-state index contributed by atoms with van der Waals surface area (Å²) in [5, 5.41) is 2.52. The molecule has 0 unspecified atom stereocenters. The number of nitrogens with two attached hydrogens (primary N) is 1. The Bertz CT molecular complexity index is 1040. The molecule has 0 atom stereocenters. The lowest BCUT2D eigenvalue weighted by Crippen LogP contribution is -2.07. The Kier molecular flexibility index (Phi) is 2.82. The van der Waals surface area contributed by atoms with Gasteiger partial charge in [0.25, 0.3) is 0 Å². The quantitative estimate of drug-likeness (QED) is 0.547. The van der Waals surface area contributed by atoms with E-state index in [4.69, 9.17) is 5.73 Å². The SMILES string of the molecule is Cc1cccc(C)c1-n1c(N)c(C)c2c3ccccc3n(C)c21. The second kappa shape index (κ2) is 4.66. The molecule has 23 heavy (non-hydrogen) atoms. The molecule has 0 aliphatic heterocycles. The molecular weight excluding hydrogens is 282 g/mol. The average molecular weight is 303 g/mol. The lowest BCUT2D eigenvalue weighted by atomic mass is 10.1. The summed E-state index contributed by atoms with van der Waals surface area (Å²) in [6.07, 6.45) is 0. The molecule has 3 nitrogen and oxygen atoms in total. The van der Waals surface area contributed by atoms with Gasteiger partial charge in [0.2, 0.25) is 0 Å². The molecule has 2 N–H and O–H groups in total. The van der Waals surface area contributed by atoms with E-state index < -0.39 is 0 Å². The molecule has 4 rings (SSSR count). The molecule has 116 valence electrons. The van der Waals surface area contributed by atoms with Crippen LogP contribution in [0.5, 0.6) is 0 Å². The third-order valence-electron chi connectivity index (χ3n) is 4.95. The van der Waals surface area contributed by atoms with Crippen LogP contribution in [0.15, 0.2) is 42.5 Å². The minimum atomic E-state index is 0.828. The first-order chi connectivity index (χ1) is 11.0. The number of benzene rings is 2. The van der Waals surface area contributed by atoms with Crippen molar-refractivity contribution < 1.29 is 0 Å². The van der Waals surface area contributed by atoms with E-state index >= 15 is 0 Å². The Morgan fingerprint density at radius 2 is 1.52 bits per heavy atom. The van der Waals surface area contributed by atoms with Crippen LogP contribution in [0, 0.1) is 20.8 Å². The lowest BCUT2D eigenvalue weighted by Gasteiger charge is -2.15. The Morgan fingerprint density at radius 3 is 2.22 bits per heavy atom. The van der Waals surface area contributed by atoms with Gasteiger partial charge in [-0.3, -0.25) is 4.57 Å². The highest BCUT2D eigenvalue weighted by Gasteiger charge is 2.21. The highest BCUT2D eigenvalue weighted by Crippen LogP contribution is 2.38. The maximum atomic E-state index is 6.54. The van der Waals surface area contributed by atoms with Crippen molar-refractivity contribution in [3.05, 3.63) is 59.2 Å². The van der Waals surface area contributed by atoms with Crippen molar-refractivity contribution in [3.8, 4) is 5.69 Å². The van der Waals surface area contributed by atoms with Gasteiger partial charge in [-0.2, -0.15) is 0 Å². The minimum absolute atomic E-state index is 0.828. The molecule has 0 amide bonds. The molecule has 0 radical (unpaired) electrons. The number of rotatable bonds is 1. The van der Waals surface area contributed by atoms with Gasteiger partial charge in [0, 0.05) is 23.4 Å². The third-order valence-corrected chi connectivity index (χ3v) is 4.95. The second-order valence-corrected chi connectivity index (χ2v) is 6.36. The summed E-state index contributed by atoms with van der Waals surface area (Å²) in [5.41, 5.74) is 13.8. The van der Waals surface area contributed by atoms with Gasteiger partial charge < -0.3 is 10.3 Å². The molecule has 2 aromatic carbocycles. The van der Waals surface area contributed by atoms with E-state index in [1.807, 2.05) is 0 Å². The van der Waals surface area contributed by atoms with E-state index in [0.717, 1.165) is 11.4 Å². The predicted octanol–water partition coefficient (Wildman–Crippen LogP) is 4.63. The van der Waals surface area contributed by atoms with Gasteiger partial charge in [-0.25, -0.2) is 0 Å². The van der Waals surface area contributed by atoms with Crippen LogP contribution < -0.4 is 5.73 Å². The first kappa shape index (κ1) is 13.9. The number of aryl methyl sites for hydroxylation is 4. The van der Waals surface area contributed by atoms with Crippen molar-refractivity contribution in [1.82, 2.24) is 9.13 Å². The summed E-state index contributed by atoms with van der Waals surface area (Å²) in [7, 11) is 2.12. The molecule has 4 aromatic rings. The summed E-state index contributed by atoms with van der Waals surface area (Å²) in [5.74, 6) is 0.828. The summed E-state index contributed by atoms with van der Waals surface area (Å²) < 4.78 is 4.47. The van der Waals surface area contributed by atoms with E-state index in [1.54, 1.807) is 0 Å². The third kappa shape index (κ3) is 1.70. The fourth-order valence-corrected chi connectivity index (χ4v) is 3.81. The first-order valence-electron chi connectivity index (χ1n) is 7.93. The smallest absolute Gasteiger partial charge is 0.127 e. The molecule has 0 fully saturated rings. The van der Waals surface area contributed by atoms with E-state index in [1.165, 1.54) is 38.8 Å². The molecule has 0 aliphatic carbocycles. The van der Waals surface area contributed by atoms with Crippen LogP contribution in [0.2, 0.25) is 0 Å². The maximum absolute atomic E-state index is 6.54. The molecule has 3 heteroatoms. The first-order valence-corrected chi connectivity index (χ1v) is 7.93. The van der Waals surface area contributed by atoms with E-state index in [0.29, 0.717) is 0 Å². The Labute approximate surface area is 135 Å². The second-order valence-electron chi connectivity index (χ2n) is 6.36. The molecule has 2 heterocycles. The monoisotopic (exact) mass is 303 g/mol. The van der Waals surface area contributed by atoms with Crippen molar-refractivity contribution in [2.45, 2.75) is 20.8 Å². The van der Waals surface area contributed by atoms with Crippen LogP contribution >= 0.6 is 0 Å². The largest absolute Gasteiger partial charge is 0.385 e. The van der Waals surface area contributed by atoms with E-state index in [2.05, 4.69) is 79.4 Å². The standard InChI is InChI=1S/C20H21N3/c1-12-8-7-9-13(2)18(12)23-19(21)14(3)17-15-10-5-6-11-16(15)22(4)20(17)23/h5-11H,21H2,1-4H3. The van der Waals surface area contributed by atoms with Crippen LogP contribution in [0.3, 0.4) is 0 Å². The number of anilines is 1. The Balaban J connectivity index is 2.27. The van der Waals surface area contributed by atoms with Crippen molar-refractivity contribution in [3.63, 3.8) is 0 Å². The van der Waals surface area contributed by atoms with Gasteiger partial charge in [-0.05, 0) is 38.0 Å². The summed E-state index contributed by atoms with van der Waals surface area (Å²) in [6, 6.07) is 14.9. The Morgan fingerprint density at radius 1 is 0.870 bits per heavy atom. The van der Waals surface area contributed by atoms with Gasteiger partial charge in [0.1, 0.15) is 11.5 Å². The number of nitrogens with zero attached hydrogens (tertiary/aromatic N) is 2. The highest BCUT2D eigenvalue weighted by atomic mass is 15.2.